The molecule has 0 aliphatic heterocycles. The van der Waals surface area contributed by atoms with Gasteiger partial charge in [-0.15, -0.1) is 0 Å². The monoisotopic (exact) mass is 390 g/mol. The number of ether oxygens (including phenoxy) is 1. The first kappa shape index (κ1) is 17.1. The predicted octanol–water partition coefficient (Wildman–Crippen LogP) is 3.95. The lowest BCUT2D eigenvalue weighted by molar-refractivity contribution is 0.409. The first-order chi connectivity index (χ1) is 14.1. The molecule has 5 rings (SSSR count). The number of hydrogen-bond donors (Lipinski definition) is 1. The molecule has 0 unspecified atom stereocenters. The molecule has 29 heavy (non-hydrogen) atoms. The van der Waals surface area contributed by atoms with E-state index >= 15 is 0 Å². The summed E-state index contributed by atoms with van der Waals surface area (Å²) in [6, 6.07) is 11.3. The second-order valence-electron chi connectivity index (χ2n) is 6.58. The molecule has 0 fully saturated rings. The molecule has 144 valence electrons. The summed E-state index contributed by atoms with van der Waals surface area (Å²) in [5, 5.41) is 12.5. The Morgan fingerprint density at radius 3 is 2.31 bits per heavy atom. The third-order valence-corrected chi connectivity index (χ3v) is 5.00. The summed E-state index contributed by atoms with van der Waals surface area (Å²) in [7, 11) is 1.53. The second kappa shape index (κ2) is 6.27. The van der Waals surface area contributed by atoms with E-state index in [1.54, 1.807) is 24.3 Å². The van der Waals surface area contributed by atoms with E-state index in [4.69, 9.17) is 18.0 Å². The van der Waals surface area contributed by atoms with Crippen molar-refractivity contribution in [2.24, 2.45) is 0 Å². The van der Waals surface area contributed by atoms with Crippen molar-refractivity contribution in [3.8, 4) is 11.5 Å². The van der Waals surface area contributed by atoms with Gasteiger partial charge < -0.3 is 23.1 Å². The molecule has 5 aromatic rings. The average molecular weight is 390 g/mol. The van der Waals surface area contributed by atoms with Gasteiger partial charge in [0, 0.05) is 40.3 Å². The minimum atomic E-state index is -0.585. The summed E-state index contributed by atoms with van der Waals surface area (Å²) in [5.41, 5.74) is 0.997. The van der Waals surface area contributed by atoms with E-state index in [0.29, 0.717) is 27.7 Å². The summed E-state index contributed by atoms with van der Waals surface area (Å²) < 4.78 is 21.6. The Kier molecular flexibility index (Phi) is 3.70. The molecule has 3 heterocycles. The maximum atomic E-state index is 11.8. The molecule has 7 nitrogen and oxygen atoms in total. The van der Waals surface area contributed by atoms with Crippen LogP contribution in [0.3, 0.4) is 0 Å². The van der Waals surface area contributed by atoms with Crippen molar-refractivity contribution in [1.82, 2.24) is 0 Å². The van der Waals surface area contributed by atoms with Crippen LogP contribution in [0.1, 0.15) is 11.1 Å². The molecule has 1 N–H and O–H groups in total. The van der Waals surface area contributed by atoms with Crippen LogP contribution in [-0.4, -0.2) is 12.2 Å². The van der Waals surface area contributed by atoms with Crippen molar-refractivity contribution < 1.29 is 23.1 Å². The van der Waals surface area contributed by atoms with Crippen LogP contribution < -0.4 is 16.0 Å². The van der Waals surface area contributed by atoms with Crippen LogP contribution in [0.2, 0.25) is 0 Å². The summed E-state index contributed by atoms with van der Waals surface area (Å²) in [6.45, 7) is 0. The van der Waals surface area contributed by atoms with Crippen molar-refractivity contribution in [2.45, 2.75) is 6.42 Å². The first-order valence-corrected chi connectivity index (χ1v) is 8.81. The first-order valence-electron chi connectivity index (χ1n) is 8.81. The zero-order valence-corrected chi connectivity index (χ0v) is 15.2. The maximum absolute atomic E-state index is 11.8. The number of phenolic OH excluding ortho intramolecular Hbond substituents is 1. The number of methoxy groups -OCH3 is 1. The quantitative estimate of drug-likeness (QED) is 0.465. The fraction of sp³-hybridized carbons (Fsp3) is 0.0909. The Labute approximate surface area is 162 Å². The molecule has 3 aromatic heterocycles. The number of aromatic hydroxyl groups is 1. The summed E-state index contributed by atoms with van der Waals surface area (Å²) in [6.07, 6.45) is 1.74. The molecular formula is C22H14O7. The van der Waals surface area contributed by atoms with E-state index in [-0.39, 0.29) is 23.3 Å². The van der Waals surface area contributed by atoms with Gasteiger partial charge in [0.25, 0.3) is 0 Å². The molecule has 0 saturated carbocycles. The molecular weight excluding hydrogens is 376 g/mol. The Hall–Kier alpha value is -4.00. The Bertz CT molecular complexity index is 1520. The van der Waals surface area contributed by atoms with Gasteiger partial charge in [-0.1, -0.05) is 0 Å². The van der Waals surface area contributed by atoms with Crippen LogP contribution >= 0.6 is 0 Å². The van der Waals surface area contributed by atoms with Crippen molar-refractivity contribution in [1.29, 1.82) is 0 Å². The molecule has 0 bridgehead atoms. The Balaban J connectivity index is 1.87. The van der Waals surface area contributed by atoms with Crippen molar-refractivity contribution in [3.05, 3.63) is 80.7 Å². The fourth-order valence-corrected chi connectivity index (χ4v) is 3.71. The zero-order valence-electron chi connectivity index (χ0n) is 15.2. The third-order valence-electron chi connectivity index (χ3n) is 5.00. The van der Waals surface area contributed by atoms with E-state index in [1.165, 1.54) is 25.5 Å². The van der Waals surface area contributed by atoms with Gasteiger partial charge in [-0.25, -0.2) is 9.59 Å². The van der Waals surface area contributed by atoms with Crippen LogP contribution in [0.4, 0.5) is 0 Å². The third kappa shape index (κ3) is 2.59. The van der Waals surface area contributed by atoms with Crippen LogP contribution in [0, 0.1) is 0 Å². The van der Waals surface area contributed by atoms with Crippen molar-refractivity contribution in [3.63, 3.8) is 0 Å². The topological polar surface area (TPSA) is 103 Å². The van der Waals surface area contributed by atoms with Crippen molar-refractivity contribution in [2.75, 3.05) is 7.11 Å². The highest BCUT2D eigenvalue weighted by Crippen LogP contribution is 2.40. The van der Waals surface area contributed by atoms with Crippen LogP contribution in [0.5, 0.6) is 11.5 Å². The minimum absolute atomic E-state index is 0.0376. The highest BCUT2D eigenvalue weighted by atomic mass is 16.5. The molecule has 2 aromatic carbocycles. The van der Waals surface area contributed by atoms with Crippen molar-refractivity contribution >= 4 is 32.9 Å². The standard InChI is InChI=1S/C22H14O7/c1-26-16-5-2-11-3-6-17(23)28-20(11)15(16)10-14-12-4-7-18(24)29-22(12)19(25)21-13(14)8-9-27-21/h2-9,25H,10H2,1H3. The molecule has 0 aliphatic rings. The molecule has 0 aliphatic carbocycles. The molecule has 0 atom stereocenters. The van der Waals surface area contributed by atoms with E-state index in [0.717, 1.165) is 10.9 Å². The van der Waals surface area contributed by atoms with E-state index < -0.39 is 11.3 Å². The number of benzene rings is 2. The number of phenols is 1. The molecule has 0 amide bonds. The van der Waals surface area contributed by atoms with Gasteiger partial charge in [0.1, 0.15) is 11.3 Å². The summed E-state index contributed by atoms with van der Waals surface area (Å²) in [4.78, 5) is 23.6. The maximum Gasteiger partial charge on any atom is 0.336 e. The van der Waals surface area contributed by atoms with Gasteiger partial charge in [-0.05, 0) is 35.9 Å². The zero-order chi connectivity index (χ0) is 20.1. The Morgan fingerprint density at radius 2 is 1.52 bits per heavy atom. The SMILES string of the molecule is COc1ccc2ccc(=O)oc2c1Cc1c2ccoc2c(O)c2oc(=O)ccc12. The van der Waals surface area contributed by atoms with Gasteiger partial charge >= 0.3 is 11.3 Å². The van der Waals surface area contributed by atoms with Gasteiger partial charge in [-0.2, -0.15) is 0 Å². The largest absolute Gasteiger partial charge is 0.502 e. The van der Waals surface area contributed by atoms with Crippen LogP contribution in [0.25, 0.3) is 32.9 Å². The highest BCUT2D eigenvalue weighted by molar-refractivity contribution is 6.04. The number of furan rings is 1. The van der Waals surface area contributed by atoms with Gasteiger partial charge in [0.15, 0.2) is 11.2 Å². The van der Waals surface area contributed by atoms with Crippen LogP contribution in [-0.2, 0) is 6.42 Å². The van der Waals surface area contributed by atoms with Crippen LogP contribution in [0.15, 0.2) is 71.6 Å². The van der Waals surface area contributed by atoms with E-state index in [2.05, 4.69) is 0 Å². The van der Waals surface area contributed by atoms with Gasteiger partial charge in [-0.3, -0.25) is 0 Å². The normalized spacial score (nSPS) is 11.5. The van der Waals surface area contributed by atoms with E-state index in [1.807, 2.05) is 6.07 Å². The number of fused-ring (bicyclic) bond motifs is 3. The Morgan fingerprint density at radius 1 is 0.828 bits per heavy atom. The number of hydrogen-bond acceptors (Lipinski definition) is 7. The summed E-state index contributed by atoms with van der Waals surface area (Å²) >= 11 is 0. The lowest BCUT2D eigenvalue weighted by atomic mass is 9.95. The highest BCUT2D eigenvalue weighted by Gasteiger charge is 2.21. The molecule has 0 radical (unpaired) electrons. The molecule has 0 saturated heterocycles. The van der Waals surface area contributed by atoms with E-state index in [9.17, 15) is 14.7 Å². The van der Waals surface area contributed by atoms with Gasteiger partial charge in [0.05, 0.1) is 13.4 Å². The lowest BCUT2D eigenvalue weighted by Crippen LogP contribution is -2.02. The fourth-order valence-electron chi connectivity index (χ4n) is 3.71. The average Bonchev–Trinajstić information content (AvgIpc) is 3.21. The molecule has 7 heteroatoms. The predicted molar refractivity (Wildman–Crippen MR) is 106 cm³/mol. The minimum Gasteiger partial charge on any atom is -0.502 e. The number of rotatable bonds is 3. The smallest absolute Gasteiger partial charge is 0.336 e. The molecule has 0 spiro atoms. The second-order valence-corrected chi connectivity index (χ2v) is 6.58. The summed E-state index contributed by atoms with van der Waals surface area (Å²) in [5.74, 6) is 0.306. The van der Waals surface area contributed by atoms with Gasteiger partial charge in [0.2, 0.25) is 5.75 Å². The lowest BCUT2D eigenvalue weighted by Gasteiger charge is -2.13.